The highest BCUT2D eigenvalue weighted by Gasteiger charge is 2.19. The van der Waals surface area contributed by atoms with Crippen LogP contribution in [-0.4, -0.2) is 28.0 Å². The topological polar surface area (TPSA) is 95.1 Å². The Kier molecular flexibility index (Phi) is 4.65. The van der Waals surface area contributed by atoms with Crippen molar-refractivity contribution in [3.05, 3.63) is 65.4 Å². The van der Waals surface area contributed by atoms with Gasteiger partial charge >= 0.3 is 0 Å². The van der Waals surface area contributed by atoms with Gasteiger partial charge in [0.25, 0.3) is 5.91 Å². The molecule has 7 nitrogen and oxygen atoms in total. The molecule has 0 radical (unpaired) electrons. The molecule has 0 aliphatic heterocycles. The lowest BCUT2D eigenvalue weighted by Gasteiger charge is -2.09. The molecule has 128 valence electrons. The van der Waals surface area contributed by atoms with Crippen molar-refractivity contribution in [3.8, 4) is 11.4 Å². The van der Waals surface area contributed by atoms with Crippen LogP contribution in [0.1, 0.15) is 21.6 Å². The third-order valence-corrected chi connectivity index (χ3v) is 3.90. The van der Waals surface area contributed by atoms with E-state index in [9.17, 15) is 4.79 Å². The molecule has 7 heteroatoms. The van der Waals surface area contributed by atoms with E-state index in [0.717, 1.165) is 16.8 Å². The fraction of sp³-hybridized carbons (Fsp3) is 0.167. The summed E-state index contributed by atoms with van der Waals surface area (Å²) in [5, 5.41) is 10.7. The van der Waals surface area contributed by atoms with Crippen molar-refractivity contribution in [2.24, 2.45) is 0 Å². The normalized spacial score (nSPS) is 10.5. The van der Waals surface area contributed by atoms with Gasteiger partial charge in [-0.15, -0.1) is 5.10 Å². The molecule has 1 amide bonds. The minimum atomic E-state index is -0.386. The second-order valence-electron chi connectivity index (χ2n) is 5.52. The summed E-state index contributed by atoms with van der Waals surface area (Å²) in [4.78, 5) is 12.4. The maximum absolute atomic E-state index is 12.4. The van der Waals surface area contributed by atoms with Crippen LogP contribution >= 0.6 is 0 Å². The zero-order chi connectivity index (χ0) is 17.8. The van der Waals surface area contributed by atoms with E-state index in [0.29, 0.717) is 12.3 Å². The molecule has 25 heavy (non-hydrogen) atoms. The molecule has 3 aromatic rings. The number of carbonyl (C=O) groups excluding carboxylic acids is 1. The van der Waals surface area contributed by atoms with Crippen LogP contribution in [0.15, 0.2) is 48.5 Å². The van der Waals surface area contributed by atoms with Crippen molar-refractivity contribution in [3.63, 3.8) is 0 Å². The Morgan fingerprint density at radius 1 is 1.20 bits per heavy atom. The summed E-state index contributed by atoms with van der Waals surface area (Å²) < 4.78 is 6.74. The first-order chi connectivity index (χ1) is 12.1. The molecular weight excluding hydrogens is 318 g/mol. The van der Waals surface area contributed by atoms with Crippen LogP contribution in [0.4, 0.5) is 5.82 Å². The van der Waals surface area contributed by atoms with E-state index in [2.05, 4.69) is 15.6 Å². The Labute approximate surface area is 145 Å². The number of rotatable bonds is 5. The minimum Gasteiger partial charge on any atom is -0.496 e. The Balaban J connectivity index is 1.79. The van der Waals surface area contributed by atoms with E-state index in [4.69, 9.17) is 10.5 Å². The van der Waals surface area contributed by atoms with Gasteiger partial charge in [-0.05, 0) is 24.6 Å². The van der Waals surface area contributed by atoms with E-state index in [1.54, 1.807) is 7.11 Å². The summed E-state index contributed by atoms with van der Waals surface area (Å²) in [6, 6.07) is 15.1. The van der Waals surface area contributed by atoms with Crippen LogP contribution in [0.5, 0.6) is 5.75 Å². The number of nitrogens with two attached hydrogens (primary N) is 1. The fourth-order valence-corrected chi connectivity index (χ4v) is 2.54. The summed E-state index contributed by atoms with van der Waals surface area (Å²) in [6.45, 7) is 2.25. The molecule has 0 aliphatic rings. The highest BCUT2D eigenvalue weighted by Crippen LogP contribution is 2.19. The van der Waals surface area contributed by atoms with Crippen LogP contribution in [-0.2, 0) is 6.54 Å². The Bertz CT molecular complexity index is 904. The second kappa shape index (κ2) is 7.04. The molecule has 1 heterocycles. The highest BCUT2D eigenvalue weighted by atomic mass is 16.5. The predicted octanol–water partition coefficient (Wildman–Crippen LogP) is 2.10. The molecule has 0 aliphatic carbocycles. The number of benzene rings is 2. The smallest absolute Gasteiger partial charge is 0.275 e. The molecule has 0 fully saturated rings. The van der Waals surface area contributed by atoms with E-state index < -0.39 is 0 Å². The molecular formula is C18H19N5O2. The van der Waals surface area contributed by atoms with Gasteiger partial charge in [0.05, 0.1) is 12.8 Å². The van der Waals surface area contributed by atoms with Crippen LogP contribution in [0.3, 0.4) is 0 Å². The third kappa shape index (κ3) is 3.30. The van der Waals surface area contributed by atoms with Crippen LogP contribution in [0.25, 0.3) is 5.69 Å². The number of nitrogen functional groups attached to an aromatic ring is 1. The maximum Gasteiger partial charge on any atom is 0.275 e. The first-order valence-electron chi connectivity index (χ1n) is 7.79. The SMILES string of the molecule is COc1ccccc1CNC(=O)c1nnn(-c2ccccc2C)c1N. The summed E-state index contributed by atoms with van der Waals surface area (Å²) >= 11 is 0. The highest BCUT2D eigenvalue weighted by molar-refractivity contribution is 5.96. The molecule has 3 N–H and O–H groups in total. The molecule has 0 spiro atoms. The van der Waals surface area contributed by atoms with E-state index in [-0.39, 0.29) is 17.4 Å². The zero-order valence-electron chi connectivity index (χ0n) is 14.1. The largest absolute Gasteiger partial charge is 0.496 e. The van der Waals surface area contributed by atoms with Gasteiger partial charge in [-0.2, -0.15) is 4.68 Å². The van der Waals surface area contributed by atoms with Crippen molar-refractivity contribution in [1.82, 2.24) is 20.3 Å². The van der Waals surface area contributed by atoms with Gasteiger partial charge < -0.3 is 15.8 Å². The molecule has 0 atom stereocenters. The standard InChI is InChI=1S/C18H19N5O2/c1-12-7-3-5-9-14(12)23-17(19)16(21-22-23)18(24)20-11-13-8-4-6-10-15(13)25-2/h3-10H,11,19H2,1-2H3,(H,20,24). The summed E-state index contributed by atoms with van der Waals surface area (Å²) in [7, 11) is 1.59. The third-order valence-electron chi connectivity index (χ3n) is 3.90. The predicted molar refractivity (Wildman–Crippen MR) is 94.7 cm³/mol. The number of carbonyl (C=O) groups is 1. The van der Waals surface area contributed by atoms with Gasteiger partial charge in [0.2, 0.25) is 0 Å². The van der Waals surface area contributed by atoms with E-state index in [1.807, 2.05) is 55.5 Å². The number of aromatic nitrogens is 3. The van der Waals surface area contributed by atoms with Gasteiger partial charge in [0.1, 0.15) is 5.75 Å². The lowest BCUT2D eigenvalue weighted by Crippen LogP contribution is -2.24. The number of hydrogen-bond acceptors (Lipinski definition) is 5. The zero-order valence-corrected chi connectivity index (χ0v) is 14.1. The molecule has 0 saturated heterocycles. The Morgan fingerprint density at radius 3 is 2.68 bits per heavy atom. The van der Waals surface area contributed by atoms with Crippen molar-refractivity contribution in [1.29, 1.82) is 0 Å². The monoisotopic (exact) mass is 337 g/mol. The molecule has 0 unspecified atom stereocenters. The number of hydrogen-bond donors (Lipinski definition) is 2. The number of aryl methyl sites for hydroxylation is 1. The maximum atomic E-state index is 12.4. The van der Waals surface area contributed by atoms with Crippen molar-refractivity contribution in [2.45, 2.75) is 13.5 Å². The molecule has 0 bridgehead atoms. The first kappa shape index (κ1) is 16.5. The molecule has 2 aromatic carbocycles. The van der Waals surface area contributed by atoms with Crippen LogP contribution < -0.4 is 15.8 Å². The van der Waals surface area contributed by atoms with Gasteiger partial charge in [-0.3, -0.25) is 4.79 Å². The Morgan fingerprint density at radius 2 is 1.92 bits per heavy atom. The molecule has 3 rings (SSSR count). The van der Waals surface area contributed by atoms with Crippen molar-refractivity contribution in [2.75, 3.05) is 12.8 Å². The minimum absolute atomic E-state index is 0.0955. The van der Waals surface area contributed by atoms with Gasteiger partial charge in [0.15, 0.2) is 11.5 Å². The summed E-state index contributed by atoms with van der Waals surface area (Å²) in [6.07, 6.45) is 0. The summed E-state index contributed by atoms with van der Waals surface area (Å²) in [5.41, 5.74) is 8.82. The van der Waals surface area contributed by atoms with Crippen molar-refractivity contribution >= 4 is 11.7 Å². The summed E-state index contributed by atoms with van der Waals surface area (Å²) in [5.74, 6) is 0.523. The van der Waals surface area contributed by atoms with Gasteiger partial charge in [-0.25, -0.2) is 0 Å². The van der Waals surface area contributed by atoms with Crippen LogP contribution in [0, 0.1) is 6.92 Å². The van der Waals surface area contributed by atoms with Crippen molar-refractivity contribution < 1.29 is 9.53 Å². The average Bonchev–Trinajstić information content (AvgIpc) is 3.01. The van der Waals surface area contributed by atoms with Crippen LogP contribution in [0.2, 0.25) is 0 Å². The number of nitrogens with one attached hydrogen (secondary N) is 1. The lowest BCUT2D eigenvalue weighted by atomic mass is 10.2. The number of anilines is 1. The van der Waals surface area contributed by atoms with E-state index in [1.165, 1.54) is 4.68 Å². The second-order valence-corrected chi connectivity index (χ2v) is 5.52. The average molecular weight is 337 g/mol. The number of amides is 1. The molecule has 1 aromatic heterocycles. The fourth-order valence-electron chi connectivity index (χ4n) is 2.54. The number of para-hydroxylation sites is 2. The lowest BCUT2D eigenvalue weighted by molar-refractivity contribution is 0.0946. The number of nitrogens with zero attached hydrogens (tertiary/aromatic N) is 3. The van der Waals surface area contributed by atoms with Gasteiger partial charge in [0, 0.05) is 12.1 Å². The van der Waals surface area contributed by atoms with E-state index >= 15 is 0 Å². The number of methoxy groups -OCH3 is 1. The molecule has 0 saturated carbocycles. The van der Waals surface area contributed by atoms with Gasteiger partial charge in [-0.1, -0.05) is 41.6 Å². The quantitative estimate of drug-likeness (QED) is 0.743. The Hall–Kier alpha value is -3.35. The number of ether oxygens (including phenoxy) is 1. The first-order valence-corrected chi connectivity index (χ1v) is 7.79.